The summed E-state index contributed by atoms with van der Waals surface area (Å²) in [7, 11) is -3.45. The first-order valence-electron chi connectivity index (χ1n) is 6.41. The van der Waals surface area contributed by atoms with E-state index < -0.39 is 10.0 Å². The number of carbonyl (C=O) groups excluding carboxylic acids is 1. The molecule has 7 heteroatoms. The molecule has 0 aliphatic rings. The number of esters is 1. The van der Waals surface area contributed by atoms with Crippen LogP contribution in [0, 0.1) is 0 Å². The van der Waals surface area contributed by atoms with Crippen LogP contribution in [0.5, 0.6) is 0 Å². The molecule has 1 aromatic carbocycles. The van der Waals surface area contributed by atoms with Crippen LogP contribution in [0.3, 0.4) is 0 Å². The van der Waals surface area contributed by atoms with E-state index >= 15 is 0 Å². The highest BCUT2D eigenvalue weighted by molar-refractivity contribution is 7.88. The van der Waals surface area contributed by atoms with Crippen molar-refractivity contribution in [3.8, 4) is 0 Å². The lowest BCUT2D eigenvalue weighted by molar-refractivity contribution is -0.143. The molecule has 112 valence electrons. The maximum Gasteiger partial charge on any atom is 0.305 e. The molecular weight excluding hydrogens is 280 g/mol. The van der Waals surface area contributed by atoms with Gasteiger partial charge in [0.15, 0.2) is 0 Å². The van der Waals surface area contributed by atoms with E-state index in [4.69, 9.17) is 10.5 Å². The van der Waals surface area contributed by atoms with Gasteiger partial charge in [-0.1, -0.05) is 18.2 Å². The van der Waals surface area contributed by atoms with Crippen LogP contribution in [0.1, 0.15) is 25.3 Å². The number of ether oxygens (including phenoxy) is 1. The molecule has 0 saturated carbocycles. The normalized spacial score (nSPS) is 11.2. The molecule has 3 N–H and O–H groups in total. The number of carbonyl (C=O) groups is 1. The molecule has 20 heavy (non-hydrogen) atoms. The third-order valence-electron chi connectivity index (χ3n) is 2.59. The Kier molecular flexibility index (Phi) is 6.47. The topological polar surface area (TPSA) is 98.5 Å². The molecule has 1 rings (SSSR count). The van der Waals surface area contributed by atoms with E-state index in [1.54, 1.807) is 31.2 Å². The number of nitrogens with two attached hydrogens (primary N) is 1. The van der Waals surface area contributed by atoms with Crippen molar-refractivity contribution >= 4 is 21.7 Å². The van der Waals surface area contributed by atoms with Crippen molar-refractivity contribution in [1.29, 1.82) is 0 Å². The van der Waals surface area contributed by atoms with Gasteiger partial charge in [-0.25, -0.2) is 13.1 Å². The van der Waals surface area contributed by atoms with E-state index in [2.05, 4.69) is 4.72 Å². The van der Waals surface area contributed by atoms with Crippen LogP contribution in [0.2, 0.25) is 0 Å². The molecule has 6 nitrogen and oxygen atoms in total. The molecule has 1 aromatic rings. The summed E-state index contributed by atoms with van der Waals surface area (Å²) in [6.07, 6.45) is 0.603. The fourth-order valence-corrected chi connectivity index (χ4v) is 2.84. The fraction of sp³-hybridized carbons (Fsp3) is 0.462. The predicted octanol–water partition coefficient (Wildman–Crippen LogP) is 1.03. The molecule has 0 aliphatic carbocycles. The Morgan fingerprint density at radius 1 is 1.35 bits per heavy atom. The van der Waals surface area contributed by atoms with Gasteiger partial charge in [-0.05, 0) is 25.0 Å². The second kappa shape index (κ2) is 7.86. The molecule has 0 radical (unpaired) electrons. The zero-order valence-corrected chi connectivity index (χ0v) is 12.3. The van der Waals surface area contributed by atoms with Crippen molar-refractivity contribution in [2.45, 2.75) is 25.5 Å². The summed E-state index contributed by atoms with van der Waals surface area (Å²) in [4.78, 5) is 11.1. The molecule has 0 fully saturated rings. The number of para-hydroxylation sites is 1. The Morgan fingerprint density at radius 3 is 2.70 bits per heavy atom. The van der Waals surface area contributed by atoms with Crippen LogP contribution in [0.25, 0.3) is 0 Å². The van der Waals surface area contributed by atoms with Crippen molar-refractivity contribution in [1.82, 2.24) is 4.72 Å². The molecule has 0 bridgehead atoms. The summed E-state index contributed by atoms with van der Waals surface area (Å²) < 4.78 is 30.9. The fourth-order valence-electron chi connectivity index (χ4n) is 1.61. The minimum Gasteiger partial charge on any atom is -0.466 e. The lowest BCUT2D eigenvalue weighted by Crippen LogP contribution is -2.27. The number of sulfonamides is 1. The molecule has 0 aromatic heterocycles. The van der Waals surface area contributed by atoms with Crippen LogP contribution in [-0.2, 0) is 25.3 Å². The molecule has 0 atom stereocenters. The van der Waals surface area contributed by atoms with Gasteiger partial charge in [0.25, 0.3) is 0 Å². The van der Waals surface area contributed by atoms with E-state index in [0.717, 1.165) is 0 Å². The average Bonchev–Trinajstić information content (AvgIpc) is 2.38. The quantitative estimate of drug-likeness (QED) is 0.424. The van der Waals surface area contributed by atoms with E-state index in [9.17, 15) is 13.2 Å². The molecule has 0 unspecified atom stereocenters. The first-order chi connectivity index (χ1) is 9.44. The first kappa shape index (κ1) is 16.5. The summed E-state index contributed by atoms with van der Waals surface area (Å²) in [5.74, 6) is -0.488. The van der Waals surface area contributed by atoms with Gasteiger partial charge in [0.1, 0.15) is 0 Å². The number of benzene rings is 1. The van der Waals surface area contributed by atoms with Crippen molar-refractivity contribution < 1.29 is 17.9 Å². The third kappa shape index (κ3) is 6.03. The van der Waals surface area contributed by atoms with Crippen molar-refractivity contribution in [2.24, 2.45) is 0 Å². The molecule has 0 amide bonds. The molecule has 0 heterocycles. The van der Waals surface area contributed by atoms with Crippen LogP contribution < -0.4 is 10.5 Å². The van der Waals surface area contributed by atoms with Gasteiger partial charge in [0, 0.05) is 18.7 Å². The van der Waals surface area contributed by atoms with Crippen LogP contribution >= 0.6 is 0 Å². The second-order valence-corrected chi connectivity index (χ2v) is 6.07. The highest BCUT2D eigenvalue weighted by atomic mass is 32.2. The van der Waals surface area contributed by atoms with Crippen LogP contribution in [-0.4, -0.2) is 27.5 Å². The summed E-state index contributed by atoms with van der Waals surface area (Å²) in [5.41, 5.74) is 6.71. The standard InChI is InChI=1S/C13H20N2O4S/c1-2-19-13(16)8-5-9-15-20(17,18)10-11-6-3-4-7-12(11)14/h3-4,6-7,15H,2,5,8-10,14H2,1H3. The van der Waals surface area contributed by atoms with Gasteiger partial charge < -0.3 is 10.5 Å². The average molecular weight is 300 g/mol. The highest BCUT2D eigenvalue weighted by Crippen LogP contribution is 2.13. The zero-order chi connectivity index (χ0) is 15.0. The predicted molar refractivity (Wildman–Crippen MR) is 77.3 cm³/mol. The number of rotatable bonds is 8. The summed E-state index contributed by atoms with van der Waals surface area (Å²) in [6.45, 7) is 2.26. The van der Waals surface area contributed by atoms with Crippen LogP contribution in [0.15, 0.2) is 24.3 Å². The molecule has 0 spiro atoms. The van der Waals surface area contributed by atoms with E-state index in [1.807, 2.05) is 0 Å². The smallest absolute Gasteiger partial charge is 0.305 e. The van der Waals surface area contributed by atoms with E-state index in [1.165, 1.54) is 0 Å². The Labute approximate surface area is 119 Å². The summed E-state index contributed by atoms with van der Waals surface area (Å²) >= 11 is 0. The van der Waals surface area contributed by atoms with Crippen molar-refractivity contribution in [2.75, 3.05) is 18.9 Å². The lowest BCUT2D eigenvalue weighted by atomic mass is 10.2. The highest BCUT2D eigenvalue weighted by Gasteiger charge is 2.13. The molecule has 0 saturated heterocycles. The molecule has 0 aliphatic heterocycles. The maximum absolute atomic E-state index is 11.8. The lowest BCUT2D eigenvalue weighted by Gasteiger charge is -2.08. The monoisotopic (exact) mass is 300 g/mol. The first-order valence-corrected chi connectivity index (χ1v) is 8.06. The maximum atomic E-state index is 11.8. The number of hydrogen-bond donors (Lipinski definition) is 2. The SMILES string of the molecule is CCOC(=O)CCCNS(=O)(=O)Cc1ccccc1N. The Morgan fingerprint density at radius 2 is 2.05 bits per heavy atom. The minimum atomic E-state index is -3.45. The Balaban J connectivity index is 2.39. The Hall–Kier alpha value is -1.60. The minimum absolute atomic E-state index is 0.168. The number of nitrogens with one attached hydrogen (secondary N) is 1. The van der Waals surface area contributed by atoms with Gasteiger partial charge >= 0.3 is 5.97 Å². The zero-order valence-electron chi connectivity index (χ0n) is 11.5. The van der Waals surface area contributed by atoms with Gasteiger partial charge in [-0.3, -0.25) is 4.79 Å². The largest absolute Gasteiger partial charge is 0.466 e. The van der Waals surface area contributed by atoms with Crippen molar-refractivity contribution in [3.05, 3.63) is 29.8 Å². The number of hydrogen-bond acceptors (Lipinski definition) is 5. The molecular formula is C13H20N2O4S. The van der Waals surface area contributed by atoms with Crippen LogP contribution in [0.4, 0.5) is 5.69 Å². The summed E-state index contributed by atoms with van der Waals surface area (Å²) in [5, 5.41) is 0. The second-order valence-electron chi connectivity index (χ2n) is 4.26. The number of nitrogen functional groups attached to an aromatic ring is 1. The van der Waals surface area contributed by atoms with Gasteiger partial charge in [0.05, 0.1) is 12.4 Å². The van der Waals surface area contributed by atoms with Gasteiger partial charge in [-0.2, -0.15) is 0 Å². The van der Waals surface area contributed by atoms with Gasteiger partial charge in [-0.15, -0.1) is 0 Å². The third-order valence-corrected chi connectivity index (χ3v) is 3.92. The Bertz CT molecular complexity index is 543. The number of anilines is 1. The van der Waals surface area contributed by atoms with E-state index in [0.29, 0.717) is 24.3 Å². The summed E-state index contributed by atoms with van der Waals surface area (Å²) in [6, 6.07) is 6.82. The van der Waals surface area contributed by atoms with E-state index in [-0.39, 0.29) is 24.7 Å². The van der Waals surface area contributed by atoms with Crippen molar-refractivity contribution in [3.63, 3.8) is 0 Å². The van der Waals surface area contributed by atoms with Gasteiger partial charge in [0.2, 0.25) is 10.0 Å².